The normalized spacial score (nSPS) is 18.5. The number of benzene rings is 1. The third-order valence-electron chi connectivity index (χ3n) is 3.15. The van der Waals surface area contributed by atoms with Crippen LogP contribution in [0.5, 0.6) is 0 Å². The standard InChI is InChI=1S/C16H21ClN2O3/c1-11(2)22-16(18-10-12-6-5-9-21-12)19-15(20)13-7-3-4-8-14(13)17/h3-4,7-8,11-12H,5-6,9-10H2,1-2H3,(H,18,19,20)/t12-/m1/s1. The first-order valence-electron chi connectivity index (χ1n) is 7.45. The van der Waals surface area contributed by atoms with Crippen LogP contribution in [-0.2, 0) is 9.47 Å². The summed E-state index contributed by atoms with van der Waals surface area (Å²) in [6.07, 6.45) is 2.04. The lowest BCUT2D eigenvalue weighted by atomic mass is 10.2. The fourth-order valence-corrected chi connectivity index (χ4v) is 2.33. The van der Waals surface area contributed by atoms with Crippen molar-refractivity contribution in [2.75, 3.05) is 13.2 Å². The van der Waals surface area contributed by atoms with E-state index in [1.54, 1.807) is 24.3 Å². The Bertz CT molecular complexity index is 540. The number of nitrogens with zero attached hydrogens (tertiary/aromatic N) is 1. The van der Waals surface area contributed by atoms with Crippen molar-refractivity contribution < 1.29 is 14.3 Å². The molecule has 1 aliphatic rings. The van der Waals surface area contributed by atoms with Gasteiger partial charge in [0.15, 0.2) is 0 Å². The molecule has 1 N–H and O–H groups in total. The molecule has 5 nitrogen and oxygen atoms in total. The maximum atomic E-state index is 12.3. The number of hydrogen-bond acceptors (Lipinski definition) is 4. The number of ether oxygens (including phenoxy) is 2. The van der Waals surface area contributed by atoms with Gasteiger partial charge in [0.1, 0.15) is 0 Å². The van der Waals surface area contributed by atoms with E-state index >= 15 is 0 Å². The van der Waals surface area contributed by atoms with E-state index in [-0.39, 0.29) is 24.1 Å². The van der Waals surface area contributed by atoms with Crippen LogP contribution >= 0.6 is 11.6 Å². The van der Waals surface area contributed by atoms with Gasteiger partial charge in [0.2, 0.25) is 0 Å². The maximum Gasteiger partial charge on any atom is 0.292 e. The van der Waals surface area contributed by atoms with Crippen LogP contribution in [0.25, 0.3) is 0 Å². The Kier molecular flexibility index (Phi) is 6.21. The average molecular weight is 325 g/mol. The second kappa shape index (κ2) is 8.15. The Hall–Kier alpha value is -1.59. The lowest BCUT2D eigenvalue weighted by Crippen LogP contribution is -2.35. The highest BCUT2D eigenvalue weighted by Crippen LogP contribution is 2.15. The summed E-state index contributed by atoms with van der Waals surface area (Å²) in [4.78, 5) is 16.6. The first kappa shape index (κ1) is 16.8. The molecule has 0 bridgehead atoms. The van der Waals surface area contributed by atoms with Crippen molar-refractivity contribution in [2.24, 2.45) is 4.99 Å². The molecule has 0 spiro atoms. The van der Waals surface area contributed by atoms with Crippen LogP contribution in [0.2, 0.25) is 5.02 Å². The van der Waals surface area contributed by atoms with Gasteiger partial charge in [-0.2, -0.15) is 0 Å². The molecule has 1 atom stereocenters. The molecule has 0 aliphatic carbocycles. The Balaban J connectivity index is 2.03. The van der Waals surface area contributed by atoms with Gasteiger partial charge in [-0.05, 0) is 38.8 Å². The molecule has 0 unspecified atom stereocenters. The molecule has 22 heavy (non-hydrogen) atoms. The lowest BCUT2D eigenvalue weighted by molar-refractivity contribution is 0.0956. The quantitative estimate of drug-likeness (QED) is 0.684. The Morgan fingerprint density at radius 1 is 1.50 bits per heavy atom. The van der Waals surface area contributed by atoms with Crippen molar-refractivity contribution in [1.82, 2.24) is 5.32 Å². The summed E-state index contributed by atoms with van der Waals surface area (Å²) in [6.45, 7) is 5.00. The van der Waals surface area contributed by atoms with Crippen molar-refractivity contribution in [2.45, 2.75) is 38.9 Å². The molecular weight excluding hydrogens is 304 g/mol. The summed E-state index contributed by atoms with van der Waals surface area (Å²) in [7, 11) is 0. The number of halogens is 1. The van der Waals surface area contributed by atoms with Gasteiger partial charge >= 0.3 is 0 Å². The molecular formula is C16H21ClN2O3. The monoisotopic (exact) mass is 324 g/mol. The smallest absolute Gasteiger partial charge is 0.292 e. The molecule has 1 aromatic carbocycles. The predicted octanol–water partition coefficient (Wildman–Crippen LogP) is 3.03. The van der Waals surface area contributed by atoms with E-state index in [1.165, 1.54) is 0 Å². The second-order valence-electron chi connectivity index (χ2n) is 5.38. The Morgan fingerprint density at radius 2 is 2.27 bits per heavy atom. The van der Waals surface area contributed by atoms with Crippen LogP contribution in [0, 0.1) is 0 Å². The minimum Gasteiger partial charge on any atom is -0.462 e. The maximum absolute atomic E-state index is 12.3. The van der Waals surface area contributed by atoms with E-state index in [0.29, 0.717) is 17.1 Å². The number of carbonyl (C=O) groups excluding carboxylic acids is 1. The van der Waals surface area contributed by atoms with Gasteiger partial charge in [-0.1, -0.05) is 23.7 Å². The van der Waals surface area contributed by atoms with Crippen LogP contribution in [0.15, 0.2) is 29.3 Å². The average Bonchev–Trinajstić information content (AvgIpc) is 2.98. The van der Waals surface area contributed by atoms with E-state index in [2.05, 4.69) is 10.3 Å². The molecule has 6 heteroatoms. The Morgan fingerprint density at radius 3 is 2.91 bits per heavy atom. The molecule has 1 amide bonds. The SMILES string of the molecule is CC(C)OC(=NC[C@H]1CCCO1)NC(=O)c1ccccc1Cl. The Labute approximate surface area is 135 Å². The zero-order valence-corrected chi connectivity index (χ0v) is 13.6. The van der Waals surface area contributed by atoms with Gasteiger partial charge in [0, 0.05) is 6.61 Å². The van der Waals surface area contributed by atoms with Crippen molar-refractivity contribution in [3.8, 4) is 0 Å². The summed E-state index contributed by atoms with van der Waals surface area (Å²) < 4.78 is 11.1. The highest BCUT2D eigenvalue weighted by molar-refractivity contribution is 6.34. The van der Waals surface area contributed by atoms with Crippen molar-refractivity contribution in [3.63, 3.8) is 0 Å². The molecule has 0 radical (unpaired) electrons. The van der Waals surface area contributed by atoms with Gasteiger partial charge in [0.25, 0.3) is 11.9 Å². The first-order valence-corrected chi connectivity index (χ1v) is 7.82. The minimum atomic E-state index is -0.336. The number of nitrogens with one attached hydrogen (secondary N) is 1. The van der Waals surface area contributed by atoms with E-state index in [1.807, 2.05) is 13.8 Å². The van der Waals surface area contributed by atoms with Crippen LogP contribution in [0.4, 0.5) is 0 Å². The van der Waals surface area contributed by atoms with Gasteiger partial charge in [0.05, 0.1) is 29.3 Å². The fraction of sp³-hybridized carbons (Fsp3) is 0.500. The van der Waals surface area contributed by atoms with E-state index in [4.69, 9.17) is 21.1 Å². The molecule has 1 aliphatic heterocycles. The summed E-state index contributed by atoms with van der Waals surface area (Å²) in [5.74, 6) is -0.336. The van der Waals surface area contributed by atoms with Crippen LogP contribution in [0.3, 0.4) is 0 Å². The van der Waals surface area contributed by atoms with Crippen LogP contribution in [0.1, 0.15) is 37.0 Å². The first-order chi connectivity index (χ1) is 10.6. The summed E-state index contributed by atoms with van der Waals surface area (Å²) in [6, 6.07) is 7.06. The van der Waals surface area contributed by atoms with Crippen LogP contribution in [-0.4, -0.2) is 37.3 Å². The topological polar surface area (TPSA) is 59.9 Å². The van der Waals surface area contributed by atoms with E-state index in [9.17, 15) is 4.79 Å². The number of aliphatic imine (C=N–C) groups is 1. The largest absolute Gasteiger partial charge is 0.462 e. The molecule has 1 heterocycles. The zero-order chi connectivity index (χ0) is 15.9. The highest BCUT2D eigenvalue weighted by atomic mass is 35.5. The number of amides is 1. The number of amidine groups is 1. The van der Waals surface area contributed by atoms with Gasteiger partial charge in [-0.15, -0.1) is 0 Å². The molecule has 1 saturated heterocycles. The van der Waals surface area contributed by atoms with E-state index in [0.717, 1.165) is 19.4 Å². The molecule has 1 fully saturated rings. The third kappa shape index (κ3) is 5.00. The minimum absolute atomic E-state index is 0.0882. The summed E-state index contributed by atoms with van der Waals surface area (Å²) in [5.41, 5.74) is 0.390. The van der Waals surface area contributed by atoms with Crippen molar-refractivity contribution in [1.29, 1.82) is 0 Å². The third-order valence-corrected chi connectivity index (χ3v) is 3.48. The molecule has 0 aromatic heterocycles. The molecule has 1 aromatic rings. The summed E-state index contributed by atoms with van der Waals surface area (Å²) >= 11 is 6.03. The number of hydrogen-bond donors (Lipinski definition) is 1. The highest BCUT2D eigenvalue weighted by Gasteiger charge is 2.17. The molecule has 0 saturated carbocycles. The zero-order valence-electron chi connectivity index (χ0n) is 12.8. The number of rotatable bonds is 4. The van der Waals surface area contributed by atoms with Gasteiger partial charge < -0.3 is 9.47 Å². The second-order valence-corrected chi connectivity index (χ2v) is 5.79. The molecule has 120 valence electrons. The van der Waals surface area contributed by atoms with Gasteiger partial charge in [-0.3, -0.25) is 10.1 Å². The van der Waals surface area contributed by atoms with Crippen LogP contribution < -0.4 is 5.32 Å². The van der Waals surface area contributed by atoms with Gasteiger partial charge in [-0.25, -0.2) is 4.99 Å². The lowest BCUT2D eigenvalue weighted by Gasteiger charge is -2.15. The van der Waals surface area contributed by atoms with Crippen molar-refractivity contribution in [3.05, 3.63) is 34.9 Å². The van der Waals surface area contributed by atoms with E-state index < -0.39 is 0 Å². The predicted molar refractivity (Wildman–Crippen MR) is 86.4 cm³/mol. The van der Waals surface area contributed by atoms with Crippen molar-refractivity contribution >= 4 is 23.5 Å². The fourth-order valence-electron chi connectivity index (χ4n) is 2.11. The molecule has 2 rings (SSSR count). The summed E-state index contributed by atoms with van der Waals surface area (Å²) in [5, 5.41) is 3.07. The number of carbonyl (C=O) groups is 1.